The maximum absolute atomic E-state index is 10.6. The minimum Gasteiger partial charge on any atom is -0.489 e. The molecule has 2 aromatic rings. The van der Waals surface area contributed by atoms with Crippen LogP contribution in [-0.4, -0.2) is 11.1 Å². The number of carbonyl (C=O) groups is 1. The number of furan rings is 1. The summed E-state index contributed by atoms with van der Waals surface area (Å²) >= 11 is 0. The predicted molar refractivity (Wildman–Crippen MR) is 56.4 cm³/mol. The third-order valence-corrected chi connectivity index (χ3v) is 2.09. The highest BCUT2D eigenvalue weighted by atomic mass is 16.5. The summed E-state index contributed by atoms with van der Waals surface area (Å²) in [4.78, 5) is 10.6. The van der Waals surface area contributed by atoms with Crippen molar-refractivity contribution >= 4 is 5.97 Å². The van der Waals surface area contributed by atoms with Gasteiger partial charge in [-0.25, -0.2) is 4.79 Å². The molecule has 1 aromatic carbocycles. The van der Waals surface area contributed by atoms with Crippen LogP contribution in [0.2, 0.25) is 0 Å². The summed E-state index contributed by atoms with van der Waals surface area (Å²) < 4.78 is 10.3. The summed E-state index contributed by atoms with van der Waals surface area (Å²) in [6, 6.07) is 8.08. The van der Waals surface area contributed by atoms with E-state index in [1.807, 2.05) is 6.07 Å². The van der Waals surface area contributed by atoms with Gasteiger partial charge in [0.05, 0.1) is 18.1 Å². The van der Waals surface area contributed by atoms with Crippen LogP contribution in [0.4, 0.5) is 0 Å². The van der Waals surface area contributed by atoms with Gasteiger partial charge in [-0.05, 0) is 30.3 Å². The smallest absolute Gasteiger partial charge is 0.335 e. The number of hydrogen-bond donors (Lipinski definition) is 1. The minimum absolute atomic E-state index is 0.246. The lowest BCUT2D eigenvalue weighted by Gasteiger charge is -2.04. The van der Waals surface area contributed by atoms with Crippen molar-refractivity contribution in [2.75, 3.05) is 0 Å². The number of ether oxygens (including phenoxy) is 1. The molecule has 16 heavy (non-hydrogen) atoms. The van der Waals surface area contributed by atoms with Gasteiger partial charge in [0, 0.05) is 5.56 Å². The number of carboxylic acids is 1. The second kappa shape index (κ2) is 4.53. The van der Waals surface area contributed by atoms with Crippen molar-refractivity contribution in [2.45, 2.75) is 6.61 Å². The second-order valence-corrected chi connectivity index (χ2v) is 3.25. The van der Waals surface area contributed by atoms with E-state index in [9.17, 15) is 4.79 Å². The minimum atomic E-state index is -0.943. The molecule has 1 aromatic heterocycles. The molecule has 0 aliphatic carbocycles. The Balaban J connectivity index is 1.98. The van der Waals surface area contributed by atoms with E-state index < -0.39 is 5.97 Å². The molecule has 82 valence electrons. The molecular weight excluding hydrogens is 208 g/mol. The molecule has 4 nitrogen and oxygen atoms in total. The highest BCUT2D eigenvalue weighted by molar-refractivity contribution is 5.87. The molecule has 0 bridgehead atoms. The van der Waals surface area contributed by atoms with Gasteiger partial charge in [0.15, 0.2) is 0 Å². The zero-order chi connectivity index (χ0) is 11.4. The molecule has 0 unspecified atom stereocenters. The van der Waals surface area contributed by atoms with Gasteiger partial charge in [0.2, 0.25) is 0 Å². The summed E-state index contributed by atoms with van der Waals surface area (Å²) in [7, 11) is 0. The van der Waals surface area contributed by atoms with Crippen molar-refractivity contribution in [3.05, 3.63) is 54.0 Å². The molecule has 0 amide bonds. The van der Waals surface area contributed by atoms with Crippen LogP contribution in [0.1, 0.15) is 15.9 Å². The highest BCUT2D eigenvalue weighted by Gasteiger charge is 2.02. The standard InChI is InChI=1S/C12H10O4/c13-12(14)10-1-3-11(4-2-10)16-8-9-5-6-15-7-9/h1-7H,8H2,(H,13,14). The molecule has 0 aliphatic heterocycles. The lowest BCUT2D eigenvalue weighted by molar-refractivity contribution is 0.0697. The SMILES string of the molecule is O=C(O)c1ccc(OCc2ccoc2)cc1. The Morgan fingerprint density at radius 1 is 1.25 bits per heavy atom. The van der Waals surface area contributed by atoms with E-state index in [-0.39, 0.29) is 5.56 Å². The van der Waals surface area contributed by atoms with Gasteiger partial charge in [-0.1, -0.05) is 0 Å². The zero-order valence-corrected chi connectivity index (χ0v) is 8.42. The van der Waals surface area contributed by atoms with Crippen molar-refractivity contribution in [2.24, 2.45) is 0 Å². The first-order valence-corrected chi connectivity index (χ1v) is 4.73. The predicted octanol–water partition coefficient (Wildman–Crippen LogP) is 2.56. The molecule has 2 rings (SSSR count). The van der Waals surface area contributed by atoms with E-state index in [4.69, 9.17) is 14.3 Å². The van der Waals surface area contributed by atoms with Crippen LogP contribution in [0.5, 0.6) is 5.75 Å². The van der Waals surface area contributed by atoms with E-state index in [0.717, 1.165) is 5.56 Å². The van der Waals surface area contributed by atoms with Crippen molar-refractivity contribution in [3.63, 3.8) is 0 Å². The molecule has 1 N–H and O–H groups in total. The van der Waals surface area contributed by atoms with E-state index in [2.05, 4.69) is 0 Å². The van der Waals surface area contributed by atoms with E-state index in [1.54, 1.807) is 24.7 Å². The average molecular weight is 218 g/mol. The molecule has 1 heterocycles. The molecule has 4 heteroatoms. The Morgan fingerprint density at radius 2 is 2.00 bits per heavy atom. The average Bonchev–Trinajstić information content (AvgIpc) is 2.80. The van der Waals surface area contributed by atoms with Gasteiger partial charge in [-0.15, -0.1) is 0 Å². The fourth-order valence-corrected chi connectivity index (χ4v) is 1.24. The number of benzene rings is 1. The number of carboxylic acid groups (broad SMARTS) is 1. The topological polar surface area (TPSA) is 59.7 Å². The Hall–Kier alpha value is -2.23. The molecule has 0 atom stereocenters. The number of aromatic carboxylic acids is 1. The molecular formula is C12H10O4. The fourth-order valence-electron chi connectivity index (χ4n) is 1.24. The van der Waals surface area contributed by atoms with Crippen molar-refractivity contribution in [1.82, 2.24) is 0 Å². The van der Waals surface area contributed by atoms with Crippen LogP contribution in [0.3, 0.4) is 0 Å². The van der Waals surface area contributed by atoms with Crippen LogP contribution < -0.4 is 4.74 Å². The van der Waals surface area contributed by atoms with Crippen molar-refractivity contribution in [3.8, 4) is 5.75 Å². The third kappa shape index (κ3) is 2.42. The van der Waals surface area contributed by atoms with Crippen LogP contribution in [0, 0.1) is 0 Å². The Bertz CT molecular complexity index is 456. The van der Waals surface area contributed by atoms with Gasteiger partial charge < -0.3 is 14.3 Å². The van der Waals surface area contributed by atoms with Crippen LogP contribution in [-0.2, 0) is 6.61 Å². The number of rotatable bonds is 4. The van der Waals surface area contributed by atoms with E-state index in [1.165, 1.54) is 12.1 Å². The van der Waals surface area contributed by atoms with Gasteiger partial charge in [0.25, 0.3) is 0 Å². The molecule has 0 spiro atoms. The Morgan fingerprint density at radius 3 is 2.56 bits per heavy atom. The van der Waals surface area contributed by atoms with Gasteiger partial charge in [-0.2, -0.15) is 0 Å². The Labute approximate surface area is 92.1 Å². The lowest BCUT2D eigenvalue weighted by Crippen LogP contribution is -1.97. The monoisotopic (exact) mass is 218 g/mol. The summed E-state index contributed by atoms with van der Waals surface area (Å²) in [6.07, 6.45) is 3.18. The van der Waals surface area contributed by atoms with E-state index >= 15 is 0 Å². The first kappa shape index (κ1) is 10.3. The summed E-state index contributed by atoms with van der Waals surface area (Å²) in [5, 5.41) is 8.70. The highest BCUT2D eigenvalue weighted by Crippen LogP contribution is 2.14. The largest absolute Gasteiger partial charge is 0.489 e. The summed E-state index contributed by atoms with van der Waals surface area (Å²) in [5.74, 6) is -0.312. The van der Waals surface area contributed by atoms with Gasteiger partial charge in [0.1, 0.15) is 12.4 Å². The summed E-state index contributed by atoms with van der Waals surface area (Å²) in [6.45, 7) is 0.406. The van der Waals surface area contributed by atoms with E-state index in [0.29, 0.717) is 12.4 Å². The second-order valence-electron chi connectivity index (χ2n) is 3.25. The van der Waals surface area contributed by atoms with Crippen LogP contribution in [0.25, 0.3) is 0 Å². The quantitative estimate of drug-likeness (QED) is 0.856. The molecule has 0 aliphatic rings. The van der Waals surface area contributed by atoms with Crippen LogP contribution in [0.15, 0.2) is 47.3 Å². The zero-order valence-electron chi connectivity index (χ0n) is 8.42. The normalized spacial score (nSPS) is 10.0. The van der Waals surface area contributed by atoms with Crippen LogP contribution >= 0.6 is 0 Å². The molecule has 0 saturated carbocycles. The first-order chi connectivity index (χ1) is 7.75. The maximum Gasteiger partial charge on any atom is 0.335 e. The lowest BCUT2D eigenvalue weighted by atomic mass is 10.2. The van der Waals surface area contributed by atoms with Crippen molar-refractivity contribution in [1.29, 1.82) is 0 Å². The van der Waals surface area contributed by atoms with Crippen molar-refractivity contribution < 1.29 is 19.1 Å². The van der Waals surface area contributed by atoms with Gasteiger partial charge in [-0.3, -0.25) is 0 Å². The molecule has 0 fully saturated rings. The first-order valence-electron chi connectivity index (χ1n) is 4.73. The molecule has 0 radical (unpaired) electrons. The third-order valence-electron chi connectivity index (χ3n) is 2.09. The summed E-state index contributed by atoms with van der Waals surface area (Å²) in [5.41, 5.74) is 1.18. The fraction of sp³-hybridized carbons (Fsp3) is 0.0833. The number of hydrogen-bond acceptors (Lipinski definition) is 3. The molecule has 0 saturated heterocycles. The van der Waals surface area contributed by atoms with Gasteiger partial charge >= 0.3 is 5.97 Å². The maximum atomic E-state index is 10.6. The Kier molecular flexibility index (Phi) is 2.91.